The van der Waals surface area contributed by atoms with Crippen LogP contribution in [0.2, 0.25) is 0 Å². The fourth-order valence-corrected chi connectivity index (χ4v) is 8.85. The van der Waals surface area contributed by atoms with Gasteiger partial charge in [-0.3, -0.25) is 38.6 Å². The van der Waals surface area contributed by atoms with Crippen molar-refractivity contribution in [1.29, 1.82) is 0 Å². The largest absolute Gasteiger partial charge is 0.461 e. The number of ether oxygens (including phenoxy) is 1. The number of nitrogens with zero attached hydrogens (tertiary/aromatic N) is 4. The van der Waals surface area contributed by atoms with E-state index in [0.717, 1.165) is 4.90 Å². The Morgan fingerprint density at radius 2 is 1.51 bits per heavy atom. The number of esters is 1. The Balaban J connectivity index is 1.66. The highest BCUT2D eigenvalue weighted by Gasteiger charge is 2.43. The Morgan fingerprint density at radius 1 is 0.864 bits per heavy atom. The topological polar surface area (TPSA) is 256 Å². The summed E-state index contributed by atoms with van der Waals surface area (Å²) in [5.41, 5.74) is -0.0711. The molecule has 0 unspecified atom stereocenters. The van der Waals surface area contributed by atoms with E-state index < -0.39 is 108 Å². The SMILES string of the molecule is C/C=C1/NC(=O)[C@@H]2CSC(=N2)[C@@H]2CCCN2C(=O)[C@@H](CC(C)C)NC(=O)[C@H](C)NC(=O)[C@@H](O)COC(=O)[C@H](C(C)C)N(C)C(=O)[C@H]([C@H](C)O)NC(=O)[C@@H]2CCCN2C1=O. The van der Waals surface area contributed by atoms with E-state index >= 15 is 0 Å². The summed E-state index contributed by atoms with van der Waals surface area (Å²) < 4.78 is 5.27. The molecule has 0 spiro atoms. The summed E-state index contributed by atoms with van der Waals surface area (Å²) in [6.45, 7) is 11.0. The highest BCUT2D eigenvalue weighted by molar-refractivity contribution is 8.14. The fraction of sp³-hybridized carbons (Fsp3) is 0.718. The number of allylic oxidation sites excluding steroid dienone is 1. The zero-order chi connectivity index (χ0) is 43.9. The predicted octanol–water partition coefficient (Wildman–Crippen LogP) is -1.20. The number of likely N-dealkylation sites (N-methyl/N-ethyl adjacent to an activating group) is 1. The van der Waals surface area contributed by atoms with Crippen molar-refractivity contribution in [2.45, 2.75) is 135 Å². The van der Waals surface area contributed by atoms with Gasteiger partial charge in [0, 0.05) is 25.9 Å². The standard InChI is InChI=1S/C39H60N8O11S/c1-9-23-36(54)46-14-10-12-26(46)33(52)44-29(22(7)48)38(56)45(8)30(20(4)5)39(57)58-17-28(49)34(53)40-21(6)31(50)42-24(16-19(2)3)37(55)47-15-11-13-27(47)35-43-25(18-59-35)32(51)41-23/h9,19-22,24-30,48-49H,10-18H2,1-8H3,(H,40,53)(H,41,51)(H,42,50)(H,44,52)/b23-9+/t21-,22-,24+,25-,26-,27-,28-,29-,30-/m0/s1. The van der Waals surface area contributed by atoms with Gasteiger partial charge in [-0.15, -0.1) is 11.8 Å². The van der Waals surface area contributed by atoms with Crippen LogP contribution in [0.4, 0.5) is 0 Å². The molecule has 0 radical (unpaired) electrons. The lowest BCUT2D eigenvalue weighted by Gasteiger charge is -2.34. The molecule has 19 nitrogen and oxygen atoms in total. The number of aliphatic hydroxyl groups is 2. The normalized spacial score (nSPS) is 31.6. The summed E-state index contributed by atoms with van der Waals surface area (Å²) in [7, 11) is 1.28. The summed E-state index contributed by atoms with van der Waals surface area (Å²) in [6.07, 6.45) is 0.271. The number of amides is 7. The van der Waals surface area contributed by atoms with Crippen LogP contribution in [0.25, 0.3) is 0 Å². The van der Waals surface area contributed by atoms with Gasteiger partial charge in [0.25, 0.3) is 11.8 Å². The molecular weight excluding hydrogens is 789 g/mol. The summed E-state index contributed by atoms with van der Waals surface area (Å²) in [5, 5.41) is 32.2. The van der Waals surface area contributed by atoms with E-state index in [-0.39, 0.29) is 42.7 Å². The summed E-state index contributed by atoms with van der Waals surface area (Å²) in [4.78, 5) is 117. The molecule has 20 heteroatoms. The van der Waals surface area contributed by atoms with Crippen molar-refractivity contribution in [3.63, 3.8) is 0 Å². The van der Waals surface area contributed by atoms with E-state index in [1.165, 1.54) is 43.6 Å². The fourth-order valence-electron chi connectivity index (χ4n) is 7.66. The Hall–Kier alpha value is -4.56. The number of carbonyl (C=O) groups excluding carboxylic acids is 8. The molecule has 328 valence electrons. The van der Waals surface area contributed by atoms with Gasteiger partial charge in [0.1, 0.15) is 48.6 Å². The quantitative estimate of drug-likeness (QED) is 0.144. The number of aliphatic imine (C=N–C) groups is 1. The molecule has 4 heterocycles. The number of cyclic esters (lactones) is 1. The van der Waals surface area contributed by atoms with Crippen LogP contribution in [0, 0.1) is 11.8 Å². The molecule has 59 heavy (non-hydrogen) atoms. The average Bonchev–Trinajstić information content (AvgIpc) is 3.97. The number of fused-ring (bicyclic) bond motifs is 4. The maximum absolute atomic E-state index is 14.1. The van der Waals surface area contributed by atoms with E-state index in [4.69, 9.17) is 4.74 Å². The van der Waals surface area contributed by atoms with Gasteiger partial charge in [-0.1, -0.05) is 33.8 Å². The van der Waals surface area contributed by atoms with Crippen LogP contribution in [0.15, 0.2) is 16.8 Å². The third-order valence-electron chi connectivity index (χ3n) is 10.8. The monoisotopic (exact) mass is 848 g/mol. The third-order valence-corrected chi connectivity index (χ3v) is 12.0. The molecule has 0 aromatic carbocycles. The molecule has 0 aliphatic carbocycles. The highest BCUT2D eigenvalue weighted by atomic mass is 32.2. The minimum atomic E-state index is -1.91. The first kappa shape index (κ1) is 47.1. The van der Waals surface area contributed by atoms with Crippen LogP contribution in [-0.2, 0) is 43.1 Å². The maximum Gasteiger partial charge on any atom is 0.329 e. The average molecular weight is 849 g/mol. The van der Waals surface area contributed by atoms with Crippen LogP contribution in [0.3, 0.4) is 0 Å². The maximum atomic E-state index is 14.1. The number of hydrogen-bond acceptors (Lipinski definition) is 13. The lowest BCUT2D eigenvalue weighted by atomic mass is 10.0. The summed E-state index contributed by atoms with van der Waals surface area (Å²) >= 11 is 1.33. The van der Waals surface area contributed by atoms with Gasteiger partial charge in [-0.2, -0.15) is 0 Å². The van der Waals surface area contributed by atoms with E-state index in [2.05, 4.69) is 26.3 Å². The van der Waals surface area contributed by atoms with Gasteiger partial charge < -0.3 is 50.9 Å². The second-order valence-electron chi connectivity index (χ2n) is 16.3. The third kappa shape index (κ3) is 11.4. The van der Waals surface area contributed by atoms with Crippen LogP contribution < -0.4 is 21.3 Å². The Kier molecular flexibility index (Phi) is 16.5. The van der Waals surface area contributed by atoms with Gasteiger partial charge >= 0.3 is 5.97 Å². The smallest absolute Gasteiger partial charge is 0.329 e. The van der Waals surface area contributed by atoms with Gasteiger partial charge in [0.15, 0.2) is 6.10 Å². The zero-order valence-corrected chi connectivity index (χ0v) is 35.9. The van der Waals surface area contributed by atoms with E-state index in [1.54, 1.807) is 25.7 Å². The molecule has 0 aromatic rings. The second kappa shape index (κ2) is 20.6. The van der Waals surface area contributed by atoms with Gasteiger partial charge in [0.05, 0.1) is 17.2 Å². The van der Waals surface area contributed by atoms with E-state index in [0.29, 0.717) is 30.9 Å². The van der Waals surface area contributed by atoms with Crippen molar-refractivity contribution in [1.82, 2.24) is 36.0 Å². The minimum absolute atomic E-state index is 0.0114. The summed E-state index contributed by atoms with van der Waals surface area (Å²) in [6, 6.07) is -7.40. The first-order chi connectivity index (χ1) is 27.8. The number of rotatable bonds is 4. The van der Waals surface area contributed by atoms with Crippen LogP contribution in [0.1, 0.15) is 80.6 Å². The molecule has 7 amide bonds. The number of thioether (sulfide) groups is 1. The van der Waals surface area contributed by atoms with Crippen LogP contribution in [0.5, 0.6) is 0 Å². The number of carbonyl (C=O) groups is 8. The lowest BCUT2D eigenvalue weighted by molar-refractivity contribution is -0.161. The van der Waals surface area contributed by atoms with Gasteiger partial charge in [-0.25, -0.2) is 4.79 Å². The second-order valence-corrected chi connectivity index (χ2v) is 17.3. The molecule has 2 fully saturated rings. The first-order valence-electron chi connectivity index (χ1n) is 20.3. The highest BCUT2D eigenvalue weighted by Crippen LogP contribution is 2.30. The van der Waals surface area contributed by atoms with Crippen molar-refractivity contribution in [3.05, 3.63) is 11.8 Å². The molecule has 6 N–H and O–H groups in total. The van der Waals surface area contributed by atoms with Crippen LogP contribution in [-0.4, -0.2) is 164 Å². The molecule has 0 aromatic heterocycles. The minimum Gasteiger partial charge on any atom is -0.461 e. The Bertz CT molecular complexity index is 1700. The van der Waals surface area contributed by atoms with E-state index in [9.17, 15) is 48.6 Å². The van der Waals surface area contributed by atoms with Crippen molar-refractivity contribution in [2.24, 2.45) is 16.8 Å². The number of nitrogens with one attached hydrogen (secondary N) is 4. The predicted molar refractivity (Wildman–Crippen MR) is 216 cm³/mol. The molecule has 9 atom stereocenters. The Labute approximate surface area is 348 Å². The molecule has 2 saturated heterocycles. The number of hydrogen-bond donors (Lipinski definition) is 6. The van der Waals surface area contributed by atoms with E-state index in [1.807, 2.05) is 13.8 Å². The first-order valence-corrected chi connectivity index (χ1v) is 21.2. The summed E-state index contributed by atoms with van der Waals surface area (Å²) in [5.74, 6) is -6.15. The van der Waals surface area contributed by atoms with Gasteiger partial charge in [0.2, 0.25) is 29.5 Å². The number of aliphatic hydroxyl groups excluding tert-OH is 2. The molecule has 4 rings (SSSR count). The van der Waals surface area contributed by atoms with Gasteiger partial charge in [-0.05, 0) is 64.7 Å². The van der Waals surface area contributed by atoms with Crippen LogP contribution >= 0.6 is 11.8 Å². The molecule has 4 aliphatic rings. The van der Waals surface area contributed by atoms with Crippen molar-refractivity contribution < 1.29 is 53.3 Å². The molecular formula is C39H60N8O11S. The van der Waals surface area contributed by atoms with Crippen molar-refractivity contribution in [2.75, 3.05) is 32.5 Å². The Morgan fingerprint density at radius 3 is 2.12 bits per heavy atom. The molecule has 2 bridgehead atoms. The lowest BCUT2D eigenvalue weighted by Crippen LogP contribution is -2.60. The van der Waals surface area contributed by atoms with Crippen molar-refractivity contribution >= 4 is 64.1 Å². The molecule has 4 aliphatic heterocycles. The molecule has 0 saturated carbocycles. The zero-order valence-electron chi connectivity index (χ0n) is 35.1. The van der Waals surface area contributed by atoms with Crippen molar-refractivity contribution in [3.8, 4) is 0 Å².